The summed E-state index contributed by atoms with van der Waals surface area (Å²) in [4.78, 5) is 29.4. The first-order chi connectivity index (χ1) is 11.4. The normalized spacial score (nSPS) is 15.5. The Balaban J connectivity index is 1.95. The number of aryl methyl sites for hydroxylation is 1. The van der Waals surface area contributed by atoms with E-state index in [2.05, 4.69) is 20.0 Å². The maximum Gasteiger partial charge on any atom is 0.329 e. The van der Waals surface area contributed by atoms with E-state index in [9.17, 15) is 18.0 Å². The SMILES string of the molecule is Cn1c(=O)[nH]c(=O)c2cc(S(=O)(=O)NCC3=CCNCC3)cnc21. The van der Waals surface area contributed by atoms with Crippen LogP contribution in [0.4, 0.5) is 0 Å². The minimum atomic E-state index is -3.80. The van der Waals surface area contributed by atoms with E-state index in [1.54, 1.807) is 0 Å². The van der Waals surface area contributed by atoms with Crippen LogP contribution in [0.25, 0.3) is 11.0 Å². The number of H-pyrrole nitrogens is 1. The number of sulfonamides is 1. The van der Waals surface area contributed by atoms with E-state index in [1.807, 2.05) is 6.08 Å². The van der Waals surface area contributed by atoms with Gasteiger partial charge < -0.3 is 5.32 Å². The number of nitrogens with one attached hydrogen (secondary N) is 3. The molecule has 9 nitrogen and oxygen atoms in total. The number of hydrogen-bond donors (Lipinski definition) is 3. The van der Waals surface area contributed by atoms with Crippen LogP contribution in [0.3, 0.4) is 0 Å². The van der Waals surface area contributed by atoms with Gasteiger partial charge in [0.2, 0.25) is 10.0 Å². The van der Waals surface area contributed by atoms with E-state index in [1.165, 1.54) is 13.1 Å². The molecule has 3 N–H and O–H groups in total. The van der Waals surface area contributed by atoms with Crippen LogP contribution < -0.4 is 21.3 Å². The Morgan fingerprint density at radius 3 is 2.88 bits per heavy atom. The second kappa shape index (κ2) is 6.30. The van der Waals surface area contributed by atoms with Gasteiger partial charge in [-0.15, -0.1) is 0 Å². The van der Waals surface area contributed by atoms with Crippen molar-refractivity contribution in [3.05, 3.63) is 44.8 Å². The van der Waals surface area contributed by atoms with Crippen molar-refractivity contribution in [3.63, 3.8) is 0 Å². The average molecular weight is 351 g/mol. The molecular formula is C14H17N5O4S. The molecule has 0 spiro atoms. The summed E-state index contributed by atoms with van der Waals surface area (Å²) >= 11 is 0. The summed E-state index contributed by atoms with van der Waals surface area (Å²) in [6.07, 6.45) is 3.87. The van der Waals surface area contributed by atoms with Crippen LogP contribution in [0.2, 0.25) is 0 Å². The fraction of sp³-hybridized carbons (Fsp3) is 0.357. The van der Waals surface area contributed by atoms with Crippen molar-refractivity contribution in [3.8, 4) is 0 Å². The lowest BCUT2D eigenvalue weighted by atomic mass is 10.1. The van der Waals surface area contributed by atoms with E-state index < -0.39 is 21.3 Å². The molecule has 1 aliphatic rings. The standard InChI is InChI=1S/C14H17N5O4S/c1-19-12-11(13(20)18-14(19)21)6-10(8-16-12)24(22,23)17-7-9-2-4-15-5-3-9/h2,6,8,15,17H,3-5,7H2,1H3,(H,18,20,21). The highest BCUT2D eigenvalue weighted by atomic mass is 32.2. The van der Waals surface area contributed by atoms with Crippen LogP contribution in [-0.4, -0.2) is 42.6 Å². The van der Waals surface area contributed by atoms with E-state index in [0.717, 1.165) is 35.8 Å². The minimum absolute atomic E-state index is 0.0426. The summed E-state index contributed by atoms with van der Waals surface area (Å²) in [5.74, 6) is 0. The predicted molar refractivity (Wildman–Crippen MR) is 88.4 cm³/mol. The largest absolute Gasteiger partial charge is 0.329 e. The van der Waals surface area contributed by atoms with Gasteiger partial charge in [-0.3, -0.25) is 14.3 Å². The highest BCUT2D eigenvalue weighted by Crippen LogP contribution is 2.13. The molecule has 2 aromatic heterocycles. The number of pyridine rings is 1. The first kappa shape index (κ1) is 16.6. The van der Waals surface area contributed by atoms with Crippen LogP contribution >= 0.6 is 0 Å². The highest BCUT2D eigenvalue weighted by Gasteiger charge is 2.18. The molecule has 24 heavy (non-hydrogen) atoms. The topological polar surface area (TPSA) is 126 Å². The third kappa shape index (κ3) is 3.16. The molecule has 0 saturated carbocycles. The Bertz CT molecular complexity index is 1040. The second-order valence-corrected chi connectivity index (χ2v) is 7.27. The average Bonchev–Trinajstić information content (AvgIpc) is 2.58. The third-order valence-corrected chi connectivity index (χ3v) is 5.25. The minimum Gasteiger partial charge on any atom is -0.313 e. The molecule has 0 aromatic carbocycles. The number of aromatic nitrogens is 3. The summed E-state index contributed by atoms with van der Waals surface area (Å²) in [5, 5.41) is 3.19. The van der Waals surface area contributed by atoms with Gasteiger partial charge in [0.05, 0.1) is 5.39 Å². The van der Waals surface area contributed by atoms with Gasteiger partial charge in [0.15, 0.2) is 0 Å². The van der Waals surface area contributed by atoms with Gasteiger partial charge in [0.25, 0.3) is 5.56 Å². The third-order valence-electron chi connectivity index (χ3n) is 3.89. The molecule has 10 heteroatoms. The maximum atomic E-state index is 12.4. The zero-order valence-electron chi connectivity index (χ0n) is 13.0. The van der Waals surface area contributed by atoms with Crippen molar-refractivity contribution >= 4 is 21.1 Å². The van der Waals surface area contributed by atoms with Crippen molar-refractivity contribution in [1.82, 2.24) is 24.6 Å². The van der Waals surface area contributed by atoms with Gasteiger partial charge in [0, 0.05) is 26.3 Å². The summed E-state index contributed by atoms with van der Waals surface area (Å²) < 4.78 is 28.5. The molecule has 0 aliphatic carbocycles. The van der Waals surface area contributed by atoms with Gasteiger partial charge in [0.1, 0.15) is 10.5 Å². The monoisotopic (exact) mass is 351 g/mol. The molecule has 128 valence electrons. The first-order valence-corrected chi connectivity index (χ1v) is 8.84. The molecular weight excluding hydrogens is 334 g/mol. The Labute approximate surface area is 137 Å². The zero-order valence-corrected chi connectivity index (χ0v) is 13.8. The van der Waals surface area contributed by atoms with Gasteiger partial charge in [-0.1, -0.05) is 11.6 Å². The van der Waals surface area contributed by atoms with Gasteiger partial charge in [-0.25, -0.2) is 22.9 Å². The number of rotatable bonds is 4. The molecule has 0 amide bonds. The van der Waals surface area contributed by atoms with Gasteiger partial charge in [-0.05, 0) is 19.0 Å². The van der Waals surface area contributed by atoms with E-state index in [0.29, 0.717) is 0 Å². The fourth-order valence-electron chi connectivity index (χ4n) is 2.47. The van der Waals surface area contributed by atoms with E-state index >= 15 is 0 Å². The molecule has 1 aliphatic heterocycles. The highest BCUT2D eigenvalue weighted by molar-refractivity contribution is 7.89. The van der Waals surface area contributed by atoms with Crippen LogP contribution in [0.15, 0.2) is 38.4 Å². The number of nitrogens with zero attached hydrogens (tertiary/aromatic N) is 2. The van der Waals surface area contributed by atoms with E-state index in [-0.39, 0.29) is 22.5 Å². The molecule has 3 heterocycles. The van der Waals surface area contributed by atoms with Crippen LogP contribution in [-0.2, 0) is 17.1 Å². The summed E-state index contributed by atoms with van der Waals surface area (Å²) in [6.45, 7) is 1.75. The summed E-state index contributed by atoms with van der Waals surface area (Å²) in [7, 11) is -2.36. The quantitative estimate of drug-likeness (QED) is 0.595. The lowest BCUT2D eigenvalue weighted by molar-refractivity contribution is 0.582. The predicted octanol–water partition coefficient (Wildman–Crippen LogP) is -1.18. The lowest BCUT2D eigenvalue weighted by Crippen LogP contribution is -2.31. The smallest absolute Gasteiger partial charge is 0.313 e. The first-order valence-electron chi connectivity index (χ1n) is 7.36. The number of fused-ring (bicyclic) bond motifs is 1. The van der Waals surface area contributed by atoms with E-state index in [4.69, 9.17) is 0 Å². The zero-order chi connectivity index (χ0) is 17.3. The van der Waals surface area contributed by atoms with Gasteiger partial charge in [-0.2, -0.15) is 0 Å². The molecule has 0 fully saturated rings. The van der Waals surface area contributed by atoms with Crippen LogP contribution in [0.1, 0.15) is 6.42 Å². The van der Waals surface area contributed by atoms with Crippen molar-refractivity contribution < 1.29 is 8.42 Å². The van der Waals surface area contributed by atoms with Crippen molar-refractivity contribution in [2.24, 2.45) is 7.05 Å². The van der Waals surface area contributed by atoms with Gasteiger partial charge >= 0.3 is 5.69 Å². The number of hydrogen-bond acceptors (Lipinski definition) is 6. The van der Waals surface area contributed by atoms with Crippen LogP contribution in [0, 0.1) is 0 Å². The van der Waals surface area contributed by atoms with Crippen molar-refractivity contribution in [1.29, 1.82) is 0 Å². The Morgan fingerprint density at radius 1 is 1.38 bits per heavy atom. The molecule has 0 radical (unpaired) electrons. The summed E-state index contributed by atoms with van der Waals surface area (Å²) in [5.41, 5.74) is -0.139. The Kier molecular flexibility index (Phi) is 4.35. The fourth-order valence-corrected chi connectivity index (χ4v) is 3.47. The maximum absolute atomic E-state index is 12.4. The Hall–Kier alpha value is -2.30. The second-order valence-electron chi connectivity index (χ2n) is 5.50. The van der Waals surface area contributed by atoms with Crippen LogP contribution in [0.5, 0.6) is 0 Å². The molecule has 0 unspecified atom stereocenters. The van der Waals surface area contributed by atoms with Crippen molar-refractivity contribution in [2.45, 2.75) is 11.3 Å². The molecule has 0 saturated heterocycles. The molecule has 0 bridgehead atoms. The van der Waals surface area contributed by atoms with Crippen molar-refractivity contribution in [2.75, 3.05) is 19.6 Å². The molecule has 3 rings (SSSR count). The molecule has 0 atom stereocenters. The summed E-state index contributed by atoms with van der Waals surface area (Å²) in [6, 6.07) is 1.22. The number of aromatic amines is 1. The Morgan fingerprint density at radius 2 is 2.17 bits per heavy atom. The lowest BCUT2D eigenvalue weighted by Gasteiger charge is -2.14. The molecule has 2 aromatic rings.